The summed E-state index contributed by atoms with van der Waals surface area (Å²) in [6.07, 6.45) is 13.9. The summed E-state index contributed by atoms with van der Waals surface area (Å²) in [5, 5.41) is 2.31. The third kappa shape index (κ3) is 6.26. The van der Waals surface area contributed by atoms with E-state index in [1.807, 2.05) is 12.1 Å². The molecule has 0 aromatic heterocycles. The fourth-order valence-electron chi connectivity index (χ4n) is 7.25. The van der Waals surface area contributed by atoms with Crippen molar-refractivity contribution < 1.29 is 9.47 Å². The molecule has 242 valence electrons. The van der Waals surface area contributed by atoms with Gasteiger partial charge in [-0.2, -0.15) is 0 Å². The molecule has 0 bridgehead atoms. The molecule has 45 heavy (non-hydrogen) atoms. The number of rotatable bonds is 10. The minimum Gasteiger partial charge on any atom is -0.379 e. The van der Waals surface area contributed by atoms with Gasteiger partial charge in [0, 0.05) is 63.7 Å². The van der Waals surface area contributed by atoms with Gasteiger partial charge < -0.3 is 19.3 Å². The predicted octanol–water partition coefficient (Wildman–Crippen LogP) is 10.7. The minimum atomic E-state index is -0.745. The van der Waals surface area contributed by atoms with Crippen LogP contribution in [-0.2, 0) is 20.3 Å². The van der Waals surface area contributed by atoms with Crippen molar-refractivity contribution >= 4 is 46.2 Å². The molecule has 2 aromatic rings. The summed E-state index contributed by atoms with van der Waals surface area (Å²) < 4.78 is 12.7. The first-order valence-electron chi connectivity index (χ1n) is 16.1. The largest absolute Gasteiger partial charge is 0.379 e. The van der Waals surface area contributed by atoms with Gasteiger partial charge in [0.05, 0.1) is 13.2 Å². The van der Waals surface area contributed by atoms with E-state index in [9.17, 15) is 0 Å². The summed E-state index contributed by atoms with van der Waals surface area (Å²) >= 11 is 20.1. The Bertz CT molecular complexity index is 1550. The van der Waals surface area contributed by atoms with Crippen molar-refractivity contribution in [2.45, 2.75) is 83.3 Å². The number of ether oxygens (including phenoxy) is 2. The lowest BCUT2D eigenvalue weighted by atomic mass is 9.77. The molecule has 0 fully saturated rings. The van der Waals surface area contributed by atoms with Gasteiger partial charge in [-0.25, -0.2) is 0 Å². The van der Waals surface area contributed by atoms with Crippen LogP contribution in [0.5, 0.6) is 0 Å². The maximum absolute atomic E-state index is 7.18. The van der Waals surface area contributed by atoms with Crippen molar-refractivity contribution in [3.63, 3.8) is 0 Å². The van der Waals surface area contributed by atoms with Crippen molar-refractivity contribution in [2.75, 3.05) is 43.7 Å². The van der Waals surface area contributed by atoms with Crippen LogP contribution in [0, 0.1) is 0 Å². The second kappa shape index (κ2) is 13.5. The van der Waals surface area contributed by atoms with Crippen molar-refractivity contribution in [3.05, 3.63) is 104 Å². The highest BCUT2D eigenvalue weighted by Gasteiger charge is 2.55. The molecule has 0 N–H and O–H groups in total. The van der Waals surface area contributed by atoms with Gasteiger partial charge in [-0.1, -0.05) is 88.0 Å². The number of hydrogen-bond donors (Lipinski definition) is 0. The highest BCUT2D eigenvalue weighted by atomic mass is 35.5. The number of likely N-dealkylation sites (N-methyl/N-ethyl adjacent to an activating group) is 2. The Morgan fingerprint density at radius 1 is 0.844 bits per heavy atom. The van der Waals surface area contributed by atoms with E-state index in [1.54, 1.807) is 0 Å². The summed E-state index contributed by atoms with van der Waals surface area (Å²) in [6, 6.07) is 12.3. The monoisotopic (exact) mass is 668 g/mol. The van der Waals surface area contributed by atoms with Crippen molar-refractivity contribution in [1.29, 1.82) is 0 Å². The Hall–Kier alpha value is -2.21. The lowest BCUT2D eigenvalue weighted by Gasteiger charge is -2.44. The lowest BCUT2D eigenvalue weighted by Crippen LogP contribution is -2.55. The Morgan fingerprint density at radius 2 is 1.53 bits per heavy atom. The van der Waals surface area contributed by atoms with E-state index in [-0.39, 0.29) is 10.8 Å². The first-order chi connectivity index (χ1) is 21.3. The number of unbranched alkanes of at least 4 members (excludes halogenated alkanes) is 1. The van der Waals surface area contributed by atoms with Crippen molar-refractivity contribution in [1.82, 2.24) is 0 Å². The van der Waals surface area contributed by atoms with E-state index in [1.165, 1.54) is 16.9 Å². The van der Waals surface area contributed by atoms with E-state index in [0.29, 0.717) is 13.2 Å². The van der Waals surface area contributed by atoms with E-state index >= 15 is 0 Å². The van der Waals surface area contributed by atoms with Crippen LogP contribution in [0.25, 0.3) is 0 Å². The van der Waals surface area contributed by atoms with Crippen LogP contribution >= 0.6 is 34.8 Å². The molecule has 0 saturated carbocycles. The summed E-state index contributed by atoms with van der Waals surface area (Å²) in [6.45, 7) is 12.9. The smallest absolute Gasteiger partial charge is 0.169 e. The molecule has 0 spiro atoms. The molecule has 2 aliphatic heterocycles. The summed E-state index contributed by atoms with van der Waals surface area (Å²) in [7, 11) is 4.22. The second-order valence-corrected chi connectivity index (χ2v) is 14.7. The van der Waals surface area contributed by atoms with E-state index in [4.69, 9.17) is 44.3 Å². The first-order valence-corrected chi connectivity index (χ1v) is 17.3. The van der Waals surface area contributed by atoms with Crippen molar-refractivity contribution in [2.24, 2.45) is 0 Å². The second-order valence-electron chi connectivity index (χ2n) is 13.5. The normalized spacial score (nSPS) is 24.0. The quantitative estimate of drug-likeness (QED) is 0.235. The van der Waals surface area contributed by atoms with Crippen LogP contribution in [-0.4, -0.2) is 39.6 Å². The number of allylic oxidation sites excluding steroid dienone is 7. The molecule has 0 radical (unpaired) electrons. The Morgan fingerprint density at radius 3 is 2.24 bits per heavy atom. The van der Waals surface area contributed by atoms with E-state index in [0.717, 1.165) is 76.2 Å². The molecule has 0 saturated heterocycles. The molecule has 4 nitrogen and oxygen atoms in total. The van der Waals surface area contributed by atoms with Gasteiger partial charge in [0.25, 0.3) is 0 Å². The van der Waals surface area contributed by atoms with Gasteiger partial charge in [-0.15, -0.1) is 0 Å². The fourth-order valence-corrected chi connectivity index (χ4v) is 7.91. The molecule has 1 unspecified atom stereocenters. The number of fused-ring (bicyclic) bond motifs is 2. The molecule has 5 rings (SSSR count). The van der Waals surface area contributed by atoms with Crippen LogP contribution in [0.15, 0.2) is 82.6 Å². The zero-order valence-corrected chi connectivity index (χ0v) is 30.0. The first kappa shape index (κ1) is 34.1. The number of halogens is 3. The third-order valence-corrected chi connectivity index (χ3v) is 10.9. The van der Waals surface area contributed by atoms with E-state index in [2.05, 4.69) is 107 Å². The minimum absolute atomic E-state index is 0.167. The number of benzene rings is 2. The Balaban J connectivity index is 1.46. The highest BCUT2D eigenvalue weighted by molar-refractivity contribution is 6.32. The molecule has 1 aliphatic carbocycles. The molecular formula is C38H47Cl3N2O2. The average Bonchev–Trinajstić information content (AvgIpc) is 3.28. The molecule has 7 heteroatoms. The van der Waals surface area contributed by atoms with Gasteiger partial charge >= 0.3 is 0 Å². The standard InChI is InChI=1S/C38H47Cl3N2O2/c1-8-9-21-44-22-23-45-38(37(4,5)31-25-29(40)15-17-33(31)43(38)7)20-19-27-12-10-11-26(35(27)41)13-18-34-36(2,3)30-24-28(39)14-16-32(30)42(34)6/h13-20,24-25H,8-12,21-23H2,1-7H3. The zero-order chi connectivity index (χ0) is 32.6. The molecular weight excluding hydrogens is 623 g/mol. The van der Waals surface area contributed by atoms with Gasteiger partial charge in [-0.05, 0) is 96.5 Å². The maximum Gasteiger partial charge on any atom is 0.169 e. The van der Waals surface area contributed by atoms with Gasteiger partial charge in [-0.3, -0.25) is 0 Å². The summed E-state index contributed by atoms with van der Waals surface area (Å²) in [4.78, 5) is 4.50. The highest BCUT2D eigenvalue weighted by Crippen LogP contribution is 2.53. The summed E-state index contributed by atoms with van der Waals surface area (Å²) in [5.41, 5.74) is 6.91. The Labute approximate surface area is 285 Å². The number of hydrogen-bond acceptors (Lipinski definition) is 4. The van der Waals surface area contributed by atoms with Crippen LogP contribution in [0.3, 0.4) is 0 Å². The zero-order valence-electron chi connectivity index (χ0n) is 27.8. The van der Waals surface area contributed by atoms with E-state index < -0.39 is 5.72 Å². The van der Waals surface area contributed by atoms with Crippen LogP contribution < -0.4 is 9.80 Å². The third-order valence-electron chi connectivity index (χ3n) is 9.98. The fraction of sp³-hybridized carbons (Fsp3) is 0.474. The molecule has 2 heterocycles. The maximum atomic E-state index is 7.18. The SMILES string of the molecule is CCCCOCCOC1(C=CC2=C(Cl)C(=CC=C3N(C)c4ccc(Cl)cc4C3(C)C)CCC2)N(C)c2ccc(Cl)cc2C1(C)C. The van der Waals surface area contributed by atoms with Crippen LogP contribution in [0.4, 0.5) is 11.4 Å². The van der Waals surface area contributed by atoms with Gasteiger partial charge in [0.1, 0.15) is 0 Å². The lowest BCUT2D eigenvalue weighted by molar-refractivity contribution is -0.0681. The number of nitrogens with zero attached hydrogens (tertiary/aromatic N) is 2. The molecule has 3 aliphatic rings. The van der Waals surface area contributed by atoms with Crippen molar-refractivity contribution in [3.8, 4) is 0 Å². The molecule has 1 atom stereocenters. The van der Waals surface area contributed by atoms with Gasteiger partial charge in [0.15, 0.2) is 5.72 Å². The average molecular weight is 670 g/mol. The van der Waals surface area contributed by atoms with Gasteiger partial charge in [0.2, 0.25) is 0 Å². The predicted molar refractivity (Wildman–Crippen MR) is 192 cm³/mol. The Kier molecular flexibility index (Phi) is 10.2. The molecule has 2 aromatic carbocycles. The number of anilines is 2. The van der Waals surface area contributed by atoms with Crippen LogP contribution in [0.1, 0.15) is 77.8 Å². The molecule has 0 amide bonds. The summed E-state index contributed by atoms with van der Waals surface area (Å²) in [5.74, 6) is 0. The topological polar surface area (TPSA) is 24.9 Å². The van der Waals surface area contributed by atoms with Crippen LogP contribution in [0.2, 0.25) is 10.0 Å².